The second-order valence-corrected chi connectivity index (χ2v) is 8.34. The zero-order valence-electron chi connectivity index (χ0n) is 17.8. The number of pyridine rings is 1. The van der Waals surface area contributed by atoms with Crippen LogP contribution in [0.2, 0.25) is 0 Å². The topological polar surface area (TPSA) is 61.0 Å². The molecule has 0 atom stereocenters. The highest BCUT2D eigenvalue weighted by atomic mass is 16.1. The van der Waals surface area contributed by atoms with Crippen LogP contribution in [0.4, 0.5) is 0 Å². The molecule has 0 aliphatic heterocycles. The molecule has 1 aliphatic rings. The van der Waals surface area contributed by atoms with Crippen molar-refractivity contribution in [2.24, 2.45) is 0 Å². The van der Waals surface area contributed by atoms with Crippen LogP contribution in [0.3, 0.4) is 0 Å². The Balaban J connectivity index is 1.33. The van der Waals surface area contributed by atoms with E-state index in [0.717, 1.165) is 43.3 Å². The Morgan fingerprint density at radius 1 is 1.17 bits per heavy atom. The molecule has 30 heavy (non-hydrogen) atoms. The molecule has 0 bridgehead atoms. The first-order valence-corrected chi connectivity index (χ1v) is 10.7. The van der Waals surface area contributed by atoms with E-state index in [2.05, 4.69) is 58.5 Å². The maximum atomic E-state index is 12.5. The molecular weight excluding hydrogens is 372 g/mol. The van der Waals surface area contributed by atoms with Crippen LogP contribution < -0.4 is 5.32 Å². The van der Waals surface area contributed by atoms with E-state index in [0.29, 0.717) is 6.54 Å². The number of hydrogen-bond donors (Lipinski definition) is 2. The number of fused-ring (bicyclic) bond motifs is 1. The van der Waals surface area contributed by atoms with Crippen LogP contribution >= 0.6 is 0 Å². The number of H-pyrrole nitrogens is 1. The van der Waals surface area contributed by atoms with Gasteiger partial charge in [-0.1, -0.05) is 29.8 Å². The normalized spacial score (nSPS) is 19.2. The van der Waals surface area contributed by atoms with Gasteiger partial charge in [0, 0.05) is 35.9 Å². The van der Waals surface area contributed by atoms with Crippen molar-refractivity contribution in [2.45, 2.75) is 37.6 Å². The van der Waals surface area contributed by atoms with Gasteiger partial charge in [0.2, 0.25) is 5.91 Å². The lowest BCUT2D eigenvalue weighted by Gasteiger charge is -2.43. The molecule has 0 saturated heterocycles. The molecule has 0 radical (unpaired) electrons. The second-order valence-electron chi connectivity index (χ2n) is 8.34. The van der Waals surface area contributed by atoms with E-state index < -0.39 is 0 Å². The maximum Gasteiger partial charge on any atom is 0.243 e. The van der Waals surface area contributed by atoms with Gasteiger partial charge in [0.1, 0.15) is 0 Å². The first-order chi connectivity index (χ1) is 14.6. The predicted octanol–water partition coefficient (Wildman–Crippen LogP) is 4.18. The molecule has 0 spiro atoms. The van der Waals surface area contributed by atoms with E-state index in [1.807, 2.05) is 36.7 Å². The second kappa shape index (κ2) is 8.84. The quantitative estimate of drug-likeness (QED) is 0.608. The van der Waals surface area contributed by atoms with Gasteiger partial charge in [-0.25, -0.2) is 0 Å². The molecule has 1 amide bonds. The fourth-order valence-electron chi connectivity index (χ4n) is 4.59. The molecule has 4 rings (SSSR count). The highest BCUT2D eigenvalue weighted by Gasteiger charge is 2.38. The Hall–Kier alpha value is -2.92. The molecule has 2 aromatic heterocycles. The number of hydrogen-bond acceptors (Lipinski definition) is 3. The minimum atomic E-state index is -0.0512. The van der Waals surface area contributed by atoms with Crippen molar-refractivity contribution in [3.63, 3.8) is 0 Å². The Bertz CT molecular complexity index is 1030. The Kier molecular flexibility index (Phi) is 6.00. The van der Waals surface area contributed by atoms with E-state index in [-0.39, 0.29) is 11.4 Å². The summed E-state index contributed by atoms with van der Waals surface area (Å²) < 4.78 is 0. The highest BCUT2D eigenvalue weighted by molar-refractivity contribution is 5.88. The first kappa shape index (κ1) is 20.4. The van der Waals surface area contributed by atoms with E-state index in [1.54, 1.807) is 0 Å². The van der Waals surface area contributed by atoms with Crippen LogP contribution in [0.25, 0.3) is 10.9 Å². The summed E-state index contributed by atoms with van der Waals surface area (Å²) in [6.45, 7) is 0.639. The smallest absolute Gasteiger partial charge is 0.243 e. The van der Waals surface area contributed by atoms with Crippen molar-refractivity contribution in [1.82, 2.24) is 20.2 Å². The number of para-hydroxylation sites is 1. The van der Waals surface area contributed by atoms with Crippen molar-refractivity contribution < 1.29 is 4.79 Å². The molecule has 1 aromatic carbocycles. The highest BCUT2D eigenvalue weighted by Crippen LogP contribution is 2.41. The van der Waals surface area contributed by atoms with Crippen LogP contribution in [0.1, 0.15) is 36.9 Å². The van der Waals surface area contributed by atoms with Gasteiger partial charge >= 0.3 is 0 Å². The first-order valence-electron chi connectivity index (χ1n) is 10.7. The van der Waals surface area contributed by atoms with Gasteiger partial charge in [0.05, 0.1) is 11.2 Å². The molecule has 1 fully saturated rings. The summed E-state index contributed by atoms with van der Waals surface area (Å²) in [4.78, 5) is 22.6. The van der Waals surface area contributed by atoms with Crippen LogP contribution in [0.15, 0.2) is 66.5 Å². The Morgan fingerprint density at radius 2 is 1.93 bits per heavy atom. The number of aromatic nitrogens is 2. The number of rotatable bonds is 6. The number of carbonyl (C=O) groups excluding carboxylic acids is 1. The van der Waals surface area contributed by atoms with Crippen LogP contribution in [0.5, 0.6) is 0 Å². The molecule has 0 unspecified atom stereocenters. The predicted molar refractivity (Wildman–Crippen MR) is 121 cm³/mol. The fourth-order valence-corrected chi connectivity index (χ4v) is 4.59. The van der Waals surface area contributed by atoms with Crippen molar-refractivity contribution in [2.75, 3.05) is 20.6 Å². The summed E-state index contributed by atoms with van der Waals surface area (Å²) >= 11 is 0. The Morgan fingerprint density at radius 3 is 2.67 bits per heavy atom. The molecule has 5 nitrogen and oxygen atoms in total. The number of allylic oxidation sites excluding steroid dienone is 1. The van der Waals surface area contributed by atoms with E-state index in [9.17, 15) is 4.79 Å². The van der Waals surface area contributed by atoms with Gasteiger partial charge in [-0.15, -0.1) is 0 Å². The summed E-state index contributed by atoms with van der Waals surface area (Å²) in [5, 5.41) is 4.28. The standard InChI is InChI=1S/C25H30N4O/c1-29(2)25(23-9-5-6-15-26-23)13-10-19(11-14-25)17-24(30)27-16-12-20-18-28-22-8-4-3-7-21(20)22/h3-9,15,17-18,28H,10-14,16H2,1-2H3,(H,27,30). The summed E-state index contributed by atoms with van der Waals surface area (Å²) in [6, 6.07) is 14.4. The van der Waals surface area contributed by atoms with Gasteiger partial charge in [0.25, 0.3) is 0 Å². The zero-order chi connectivity index (χ0) is 21.0. The molecule has 1 saturated carbocycles. The van der Waals surface area contributed by atoms with Crippen molar-refractivity contribution in [3.8, 4) is 0 Å². The molecule has 2 heterocycles. The SMILES string of the molecule is CN(C)C1(c2ccccn2)CCC(=CC(=O)NCCc2c[nH]c3ccccc23)CC1. The lowest BCUT2D eigenvalue weighted by Crippen LogP contribution is -2.44. The summed E-state index contributed by atoms with van der Waals surface area (Å²) in [5.41, 5.74) is 4.68. The van der Waals surface area contributed by atoms with Crippen LogP contribution in [-0.2, 0) is 16.8 Å². The van der Waals surface area contributed by atoms with Crippen molar-refractivity contribution in [3.05, 3.63) is 77.8 Å². The minimum absolute atomic E-state index is 0.0139. The number of nitrogens with one attached hydrogen (secondary N) is 2. The maximum absolute atomic E-state index is 12.5. The molecule has 1 aliphatic carbocycles. The lowest BCUT2D eigenvalue weighted by molar-refractivity contribution is -0.116. The largest absolute Gasteiger partial charge is 0.361 e. The van der Waals surface area contributed by atoms with E-state index in [1.165, 1.54) is 16.5 Å². The lowest BCUT2D eigenvalue weighted by atomic mass is 9.76. The number of benzene rings is 1. The van der Waals surface area contributed by atoms with Crippen LogP contribution in [-0.4, -0.2) is 41.4 Å². The summed E-state index contributed by atoms with van der Waals surface area (Å²) in [7, 11) is 4.25. The van der Waals surface area contributed by atoms with E-state index in [4.69, 9.17) is 0 Å². The van der Waals surface area contributed by atoms with Gasteiger partial charge in [-0.3, -0.25) is 14.7 Å². The van der Waals surface area contributed by atoms with E-state index >= 15 is 0 Å². The third kappa shape index (κ3) is 4.17. The number of aromatic amines is 1. The van der Waals surface area contributed by atoms with Gasteiger partial charge < -0.3 is 10.3 Å². The zero-order valence-corrected chi connectivity index (χ0v) is 17.8. The van der Waals surface area contributed by atoms with Gasteiger partial charge in [-0.2, -0.15) is 0 Å². The molecule has 156 valence electrons. The monoisotopic (exact) mass is 402 g/mol. The molecular formula is C25H30N4O. The third-order valence-corrected chi connectivity index (χ3v) is 6.42. The molecule has 3 aromatic rings. The average Bonchev–Trinajstić information content (AvgIpc) is 3.18. The number of carbonyl (C=O) groups is 1. The third-order valence-electron chi connectivity index (χ3n) is 6.42. The van der Waals surface area contributed by atoms with Crippen molar-refractivity contribution in [1.29, 1.82) is 0 Å². The summed E-state index contributed by atoms with van der Waals surface area (Å²) in [5.74, 6) is 0.0139. The van der Waals surface area contributed by atoms with Crippen molar-refractivity contribution >= 4 is 16.8 Å². The molecule has 5 heteroatoms. The average molecular weight is 403 g/mol. The Labute approximate surface area is 178 Å². The number of amides is 1. The fraction of sp³-hybridized carbons (Fsp3) is 0.360. The minimum Gasteiger partial charge on any atom is -0.361 e. The molecule has 2 N–H and O–H groups in total. The van der Waals surface area contributed by atoms with Crippen LogP contribution in [0, 0.1) is 0 Å². The van der Waals surface area contributed by atoms with Gasteiger partial charge in [0.15, 0.2) is 0 Å². The summed E-state index contributed by atoms with van der Waals surface area (Å²) in [6.07, 6.45) is 10.3. The number of nitrogens with zero attached hydrogens (tertiary/aromatic N) is 2. The van der Waals surface area contributed by atoms with Gasteiger partial charge in [-0.05, 0) is 70.0 Å².